The molecule has 0 aliphatic carbocycles. The van der Waals surface area contributed by atoms with Crippen molar-refractivity contribution in [3.05, 3.63) is 28.2 Å². The molecule has 0 aromatic heterocycles. The van der Waals surface area contributed by atoms with Gasteiger partial charge in [-0.1, -0.05) is 26.3 Å². The van der Waals surface area contributed by atoms with Gasteiger partial charge in [0.25, 0.3) is 0 Å². The van der Waals surface area contributed by atoms with E-state index in [1.807, 2.05) is 6.07 Å². The fourth-order valence-corrected chi connectivity index (χ4v) is 3.22. The molecule has 1 aromatic rings. The van der Waals surface area contributed by atoms with E-state index in [1.54, 1.807) is 7.11 Å². The molecule has 0 amide bonds. The van der Waals surface area contributed by atoms with Crippen LogP contribution in [0.25, 0.3) is 0 Å². The number of nitrogens with one attached hydrogen (secondary N) is 1. The van der Waals surface area contributed by atoms with Crippen LogP contribution in [0, 0.1) is 5.41 Å². The summed E-state index contributed by atoms with van der Waals surface area (Å²) in [7, 11) is 1.70. The second kappa shape index (κ2) is 7.64. The van der Waals surface area contributed by atoms with Gasteiger partial charge < -0.3 is 10.1 Å². The normalized spacial score (nSPS) is 14.8. The highest BCUT2D eigenvalue weighted by Gasteiger charge is 2.26. The molecule has 0 saturated carbocycles. The zero-order valence-electron chi connectivity index (χ0n) is 14.3. The van der Waals surface area contributed by atoms with Gasteiger partial charge in [0.15, 0.2) is 0 Å². The minimum atomic E-state index is 0.162. The van der Waals surface area contributed by atoms with Gasteiger partial charge in [-0.3, -0.25) is 0 Å². The predicted octanol–water partition coefficient (Wildman–Crippen LogP) is 5.19. The molecule has 0 fully saturated rings. The maximum absolute atomic E-state index is 5.31. The van der Waals surface area contributed by atoms with Gasteiger partial charge in [0.05, 0.1) is 11.6 Å². The summed E-state index contributed by atoms with van der Waals surface area (Å²) in [5, 5.41) is 3.67. The molecule has 0 aliphatic heterocycles. The Hall–Kier alpha value is -0.540. The van der Waals surface area contributed by atoms with Gasteiger partial charge >= 0.3 is 0 Å². The Kier molecular flexibility index (Phi) is 6.73. The Morgan fingerprint density at radius 1 is 1.19 bits per heavy atom. The summed E-state index contributed by atoms with van der Waals surface area (Å²) in [5.41, 5.74) is 1.79. The van der Waals surface area contributed by atoms with Crippen molar-refractivity contribution in [1.29, 1.82) is 0 Å². The first-order chi connectivity index (χ1) is 9.69. The molecule has 21 heavy (non-hydrogen) atoms. The second-order valence-corrected chi connectivity index (χ2v) is 8.16. The number of ether oxygens (including phenoxy) is 1. The molecule has 0 heterocycles. The van der Waals surface area contributed by atoms with E-state index in [-0.39, 0.29) is 11.0 Å². The first kappa shape index (κ1) is 18.5. The fraction of sp³-hybridized carbons (Fsp3) is 0.667. The Morgan fingerprint density at radius 3 is 2.33 bits per heavy atom. The number of methoxy groups -OCH3 is 1. The van der Waals surface area contributed by atoms with Gasteiger partial charge in [0, 0.05) is 12.1 Å². The summed E-state index contributed by atoms with van der Waals surface area (Å²) < 4.78 is 6.34. The number of benzene rings is 1. The minimum absolute atomic E-state index is 0.162. The van der Waals surface area contributed by atoms with Crippen LogP contribution in [0.15, 0.2) is 22.7 Å². The summed E-state index contributed by atoms with van der Waals surface area (Å²) >= 11 is 3.58. The van der Waals surface area contributed by atoms with E-state index in [2.05, 4.69) is 68.0 Å². The zero-order chi connectivity index (χ0) is 16.1. The van der Waals surface area contributed by atoms with Crippen molar-refractivity contribution in [3.8, 4) is 5.75 Å². The summed E-state index contributed by atoms with van der Waals surface area (Å²) in [5.74, 6) is 0.892. The maximum atomic E-state index is 5.31. The highest BCUT2D eigenvalue weighted by Crippen LogP contribution is 2.32. The van der Waals surface area contributed by atoms with Crippen LogP contribution < -0.4 is 10.1 Å². The molecular formula is C18H30BrNO. The van der Waals surface area contributed by atoms with Crippen LogP contribution in [0.2, 0.25) is 0 Å². The quantitative estimate of drug-likeness (QED) is 0.725. The lowest BCUT2D eigenvalue weighted by Crippen LogP contribution is -2.43. The third kappa shape index (κ3) is 6.39. The molecule has 2 nitrogen and oxygen atoms in total. The van der Waals surface area contributed by atoms with Crippen molar-refractivity contribution in [2.24, 2.45) is 5.41 Å². The lowest BCUT2D eigenvalue weighted by atomic mass is 9.79. The van der Waals surface area contributed by atoms with Gasteiger partial charge in [-0.05, 0) is 72.7 Å². The first-order valence-corrected chi connectivity index (χ1v) is 8.56. The number of rotatable bonds is 7. The van der Waals surface area contributed by atoms with Crippen LogP contribution in [-0.4, -0.2) is 19.2 Å². The molecular weight excluding hydrogens is 326 g/mol. The molecule has 1 N–H and O–H groups in total. The van der Waals surface area contributed by atoms with Crippen molar-refractivity contribution < 1.29 is 4.74 Å². The molecule has 0 aliphatic rings. The van der Waals surface area contributed by atoms with Gasteiger partial charge in [0.2, 0.25) is 0 Å². The van der Waals surface area contributed by atoms with Crippen molar-refractivity contribution in [3.63, 3.8) is 0 Å². The second-order valence-electron chi connectivity index (χ2n) is 7.31. The number of hydrogen-bond donors (Lipinski definition) is 1. The Morgan fingerprint density at radius 2 is 1.86 bits per heavy atom. The van der Waals surface area contributed by atoms with Crippen LogP contribution in [0.3, 0.4) is 0 Å². The molecule has 0 radical (unpaired) electrons. The lowest BCUT2D eigenvalue weighted by molar-refractivity contribution is 0.243. The van der Waals surface area contributed by atoms with E-state index in [4.69, 9.17) is 4.74 Å². The standard InChI is InChI=1S/C18H30BrNO/c1-7-10-18(5,13-20-17(2,3)4)12-14-8-9-16(21-6)15(19)11-14/h8-9,11,20H,7,10,12-13H2,1-6H3. The van der Waals surface area contributed by atoms with E-state index in [1.165, 1.54) is 18.4 Å². The molecule has 120 valence electrons. The largest absolute Gasteiger partial charge is 0.496 e. The molecule has 3 heteroatoms. The highest BCUT2D eigenvalue weighted by atomic mass is 79.9. The van der Waals surface area contributed by atoms with E-state index >= 15 is 0 Å². The smallest absolute Gasteiger partial charge is 0.133 e. The molecule has 1 atom stereocenters. The van der Waals surface area contributed by atoms with Crippen molar-refractivity contribution >= 4 is 15.9 Å². The molecule has 1 aromatic carbocycles. The molecule has 0 saturated heterocycles. The average molecular weight is 356 g/mol. The Balaban J connectivity index is 2.84. The first-order valence-electron chi connectivity index (χ1n) is 7.76. The third-order valence-corrected chi connectivity index (χ3v) is 4.37. The van der Waals surface area contributed by atoms with Crippen LogP contribution in [-0.2, 0) is 6.42 Å². The summed E-state index contributed by atoms with van der Waals surface area (Å²) in [4.78, 5) is 0. The van der Waals surface area contributed by atoms with Crippen LogP contribution >= 0.6 is 15.9 Å². The Labute approximate surface area is 138 Å². The molecule has 1 rings (SSSR count). The van der Waals surface area contributed by atoms with Crippen molar-refractivity contribution in [2.75, 3.05) is 13.7 Å². The van der Waals surface area contributed by atoms with Crippen molar-refractivity contribution in [2.45, 2.75) is 59.4 Å². The van der Waals surface area contributed by atoms with E-state index in [0.717, 1.165) is 23.2 Å². The molecule has 1 unspecified atom stereocenters. The molecule has 0 spiro atoms. The predicted molar refractivity (Wildman–Crippen MR) is 95.2 cm³/mol. The van der Waals surface area contributed by atoms with Crippen molar-refractivity contribution in [1.82, 2.24) is 5.32 Å². The number of halogens is 1. The fourth-order valence-electron chi connectivity index (χ4n) is 2.63. The topological polar surface area (TPSA) is 21.3 Å². The van der Waals surface area contributed by atoms with Gasteiger partial charge in [0.1, 0.15) is 5.75 Å². The van der Waals surface area contributed by atoms with E-state index in [0.29, 0.717) is 0 Å². The van der Waals surface area contributed by atoms with Crippen LogP contribution in [0.4, 0.5) is 0 Å². The summed E-state index contributed by atoms with van der Waals surface area (Å²) in [6.45, 7) is 12.4. The Bertz CT molecular complexity index is 453. The zero-order valence-corrected chi connectivity index (χ0v) is 15.9. The summed E-state index contributed by atoms with van der Waals surface area (Å²) in [6, 6.07) is 6.40. The average Bonchev–Trinajstić information content (AvgIpc) is 2.36. The molecule has 0 bridgehead atoms. The van der Waals surface area contributed by atoms with Gasteiger partial charge in [-0.25, -0.2) is 0 Å². The maximum Gasteiger partial charge on any atom is 0.133 e. The van der Waals surface area contributed by atoms with Gasteiger partial charge in [-0.2, -0.15) is 0 Å². The SMILES string of the molecule is CCCC(C)(CNC(C)(C)C)Cc1ccc(OC)c(Br)c1. The van der Waals surface area contributed by atoms with Gasteiger partial charge in [-0.15, -0.1) is 0 Å². The summed E-state index contributed by atoms with van der Waals surface area (Å²) in [6.07, 6.45) is 3.51. The lowest BCUT2D eigenvalue weighted by Gasteiger charge is -2.34. The van der Waals surface area contributed by atoms with Crippen LogP contribution in [0.5, 0.6) is 5.75 Å². The minimum Gasteiger partial charge on any atom is -0.496 e. The monoisotopic (exact) mass is 355 g/mol. The number of hydrogen-bond acceptors (Lipinski definition) is 2. The van der Waals surface area contributed by atoms with E-state index < -0.39 is 0 Å². The highest BCUT2D eigenvalue weighted by molar-refractivity contribution is 9.10. The third-order valence-electron chi connectivity index (χ3n) is 3.75. The van der Waals surface area contributed by atoms with E-state index in [9.17, 15) is 0 Å². The van der Waals surface area contributed by atoms with Crippen LogP contribution in [0.1, 0.15) is 53.0 Å².